The number of imidazole rings is 1. The van der Waals surface area contributed by atoms with Crippen LogP contribution in [0.5, 0.6) is 0 Å². The Balaban J connectivity index is 1.41. The lowest BCUT2D eigenvalue weighted by atomic mass is 9.78. The fourth-order valence-corrected chi connectivity index (χ4v) is 4.47. The van der Waals surface area contributed by atoms with Gasteiger partial charge in [0.2, 0.25) is 0 Å². The van der Waals surface area contributed by atoms with Gasteiger partial charge >= 0.3 is 7.12 Å². The third-order valence-corrected chi connectivity index (χ3v) is 7.13. The van der Waals surface area contributed by atoms with Crippen molar-refractivity contribution in [2.75, 3.05) is 13.6 Å². The fourth-order valence-electron chi connectivity index (χ4n) is 4.47. The number of hydrogen-bond acceptors (Lipinski definition) is 4. The van der Waals surface area contributed by atoms with E-state index in [0.717, 1.165) is 29.1 Å². The van der Waals surface area contributed by atoms with Crippen molar-refractivity contribution in [1.82, 2.24) is 14.9 Å². The van der Waals surface area contributed by atoms with E-state index in [-0.39, 0.29) is 18.3 Å². The molecule has 2 fully saturated rings. The number of nitrogens with one attached hydrogen (secondary N) is 1. The monoisotopic (exact) mass is 403 g/mol. The number of likely N-dealkylation sites (tertiary alicyclic amines) is 1. The number of benzene rings is 2. The highest BCUT2D eigenvalue weighted by Crippen LogP contribution is 2.37. The zero-order valence-electron chi connectivity index (χ0n) is 18.5. The zero-order valence-corrected chi connectivity index (χ0v) is 18.5. The van der Waals surface area contributed by atoms with Crippen LogP contribution in [0.1, 0.15) is 52.4 Å². The zero-order chi connectivity index (χ0) is 21.1. The average molecular weight is 403 g/mol. The molecule has 0 spiro atoms. The summed E-state index contributed by atoms with van der Waals surface area (Å²) in [6.07, 6.45) is 4.36. The quantitative estimate of drug-likeness (QED) is 0.663. The standard InChI is InChI=1S/C24H30BN3O2/c1-23(2)24(3,4)30-25(29-23)19-11-10-16-13-18(9-8-17(16)14-19)20-15-26-22(27-20)21-7-6-12-28(21)5/h8-11,13-15,21H,6-7,12H2,1-5H3,(H,26,27). The molecule has 0 saturated carbocycles. The summed E-state index contributed by atoms with van der Waals surface area (Å²) >= 11 is 0. The van der Waals surface area contributed by atoms with Crippen molar-refractivity contribution >= 4 is 23.4 Å². The molecule has 3 aromatic rings. The maximum atomic E-state index is 6.21. The number of aromatic nitrogens is 2. The third kappa shape index (κ3) is 3.27. The molecule has 2 aliphatic heterocycles. The van der Waals surface area contributed by atoms with Crippen LogP contribution in [0.15, 0.2) is 42.6 Å². The van der Waals surface area contributed by atoms with Crippen molar-refractivity contribution in [3.05, 3.63) is 48.4 Å². The van der Waals surface area contributed by atoms with E-state index in [4.69, 9.17) is 9.31 Å². The molecule has 5 rings (SSSR count). The summed E-state index contributed by atoms with van der Waals surface area (Å²) in [5.74, 6) is 1.07. The highest BCUT2D eigenvalue weighted by atomic mass is 16.7. The first-order valence-electron chi connectivity index (χ1n) is 10.9. The van der Waals surface area contributed by atoms with Crippen LogP contribution in [-0.2, 0) is 9.31 Å². The SMILES string of the molecule is CN1CCCC1c1ncc(-c2ccc3cc(B4OC(C)(C)C(C)(C)O4)ccc3c2)[nH]1. The van der Waals surface area contributed by atoms with Crippen molar-refractivity contribution in [2.45, 2.75) is 57.8 Å². The van der Waals surface area contributed by atoms with Crippen LogP contribution in [-0.4, -0.2) is 46.8 Å². The smallest absolute Gasteiger partial charge is 0.399 e. The molecule has 1 atom stereocenters. The molecular weight excluding hydrogens is 373 g/mol. The molecule has 5 nitrogen and oxygen atoms in total. The van der Waals surface area contributed by atoms with Gasteiger partial charge in [0.25, 0.3) is 0 Å². The maximum absolute atomic E-state index is 6.21. The topological polar surface area (TPSA) is 50.4 Å². The van der Waals surface area contributed by atoms with Gasteiger partial charge in [0.15, 0.2) is 0 Å². The predicted octanol–water partition coefficient (Wildman–Crippen LogP) is 4.30. The Morgan fingerprint density at radius 2 is 1.73 bits per heavy atom. The van der Waals surface area contributed by atoms with E-state index >= 15 is 0 Å². The van der Waals surface area contributed by atoms with Gasteiger partial charge in [-0.2, -0.15) is 0 Å². The minimum atomic E-state index is -0.336. The number of rotatable bonds is 3. The summed E-state index contributed by atoms with van der Waals surface area (Å²) in [5, 5.41) is 2.38. The molecule has 3 heterocycles. The molecule has 0 radical (unpaired) electrons. The first-order chi connectivity index (χ1) is 14.2. The highest BCUT2D eigenvalue weighted by molar-refractivity contribution is 6.62. The Hall–Kier alpha value is -2.15. The Kier molecular flexibility index (Phi) is 4.58. The van der Waals surface area contributed by atoms with E-state index < -0.39 is 0 Å². The summed E-state index contributed by atoms with van der Waals surface area (Å²) in [4.78, 5) is 10.6. The van der Waals surface area contributed by atoms with E-state index in [2.05, 4.69) is 86.0 Å². The normalized spacial score (nSPS) is 23.5. The first kappa shape index (κ1) is 19.8. The van der Waals surface area contributed by atoms with Gasteiger partial charge in [-0.1, -0.05) is 30.3 Å². The van der Waals surface area contributed by atoms with E-state index in [1.165, 1.54) is 23.6 Å². The van der Waals surface area contributed by atoms with Crippen molar-refractivity contribution in [3.63, 3.8) is 0 Å². The molecule has 2 aliphatic rings. The average Bonchev–Trinajstić information content (AvgIpc) is 3.39. The molecule has 0 bridgehead atoms. The second kappa shape index (κ2) is 6.94. The van der Waals surface area contributed by atoms with Gasteiger partial charge in [0.1, 0.15) is 5.82 Å². The minimum Gasteiger partial charge on any atom is -0.399 e. The molecule has 0 aliphatic carbocycles. The molecule has 1 unspecified atom stereocenters. The largest absolute Gasteiger partial charge is 0.494 e. The third-order valence-electron chi connectivity index (χ3n) is 7.13. The molecule has 2 saturated heterocycles. The second-order valence-corrected chi connectivity index (χ2v) is 9.73. The number of nitrogens with zero attached hydrogens (tertiary/aromatic N) is 2. The number of aromatic amines is 1. The Bertz CT molecular complexity index is 1070. The van der Waals surface area contributed by atoms with Gasteiger partial charge in [-0.15, -0.1) is 0 Å². The van der Waals surface area contributed by atoms with E-state index in [1.54, 1.807) is 0 Å². The summed E-state index contributed by atoms with van der Waals surface area (Å²) in [6, 6.07) is 13.4. The Morgan fingerprint density at radius 1 is 1.03 bits per heavy atom. The van der Waals surface area contributed by atoms with Crippen LogP contribution in [0.25, 0.3) is 22.0 Å². The molecule has 30 heavy (non-hydrogen) atoms. The number of H-pyrrole nitrogens is 1. The molecule has 2 aromatic carbocycles. The molecule has 1 aromatic heterocycles. The van der Waals surface area contributed by atoms with E-state index in [0.29, 0.717) is 6.04 Å². The van der Waals surface area contributed by atoms with Crippen molar-refractivity contribution in [3.8, 4) is 11.3 Å². The van der Waals surface area contributed by atoms with Gasteiger partial charge in [-0.05, 0) is 76.4 Å². The predicted molar refractivity (Wildman–Crippen MR) is 122 cm³/mol. The van der Waals surface area contributed by atoms with Crippen molar-refractivity contribution < 1.29 is 9.31 Å². The Morgan fingerprint density at radius 3 is 2.43 bits per heavy atom. The van der Waals surface area contributed by atoms with E-state index in [9.17, 15) is 0 Å². The highest BCUT2D eigenvalue weighted by Gasteiger charge is 2.51. The van der Waals surface area contributed by atoms with Crippen LogP contribution in [0.3, 0.4) is 0 Å². The van der Waals surface area contributed by atoms with Gasteiger partial charge in [0.05, 0.1) is 29.1 Å². The molecular formula is C24H30BN3O2. The van der Waals surface area contributed by atoms with Crippen LogP contribution in [0, 0.1) is 0 Å². The van der Waals surface area contributed by atoms with Crippen molar-refractivity contribution in [1.29, 1.82) is 0 Å². The van der Waals surface area contributed by atoms with Crippen LogP contribution in [0.4, 0.5) is 0 Å². The van der Waals surface area contributed by atoms with E-state index in [1.807, 2.05) is 6.20 Å². The summed E-state index contributed by atoms with van der Waals surface area (Å²) in [7, 11) is 1.84. The lowest BCUT2D eigenvalue weighted by Gasteiger charge is -2.32. The first-order valence-corrected chi connectivity index (χ1v) is 10.9. The molecule has 0 amide bonds. The minimum absolute atomic E-state index is 0.331. The fraction of sp³-hybridized carbons (Fsp3) is 0.458. The van der Waals surface area contributed by atoms with Gasteiger partial charge in [0, 0.05) is 5.56 Å². The lowest BCUT2D eigenvalue weighted by molar-refractivity contribution is 0.00578. The van der Waals surface area contributed by atoms with Crippen LogP contribution < -0.4 is 5.46 Å². The number of hydrogen-bond donors (Lipinski definition) is 1. The second-order valence-electron chi connectivity index (χ2n) is 9.73. The van der Waals surface area contributed by atoms with Crippen LogP contribution in [0.2, 0.25) is 0 Å². The molecule has 1 N–H and O–H groups in total. The van der Waals surface area contributed by atoms with Gasteiger partial charge < -0.3 is 14.3 Å². The maximum Gasteiger partial charge on any atom is 0.494 e. The van der Waals surface area contributed by atoms with Crippen molar-refractivity contribution in [2.24, 2.45) is 0 Å². The lowest BCUT2D eigenvalue weighted by Crippen LogP contribution is -2.41. The molecule has 156 valence electrons. The Labute approximate surface area is 178 Å². The number of fused-ring (bicyclic) bond motifs is 1. The van der Waals surface area contributed by atoms with Gasteiger partial charge in [-0.25, -0.2) is 4.98 Å². The van der Waals surface area contributed by atoms with Gasteiger partial charge in [-0.3, -0.25) is 4.90 Å². The summed E-state index contributed by atoms with van der Waals surface area (Å²) in [6.45, 7) is 9.48. The summed E-state index contributed by atoms with van der Waals surface area (Å²) < 4.78 is 12.4. The van der Waals surface area contributed by atoms with Crippen LogP contribution >= 0.6 is 0 Å². The molecule has 6 heteroatoms. The summed E-state index contributed by atoms with van der Waals surface area (Å²) in [5.41, 5.74) is 2.62.